The predicted octanol–water partition coefficient (Wildman–Crippen LogP) is 14.4. The van der Waals surface area contributed by atoms with E-state index in [4.69, 9.17) is 0 Å². The summed E-state index contributed by atoms with van der Waals surface area (Å²) in [6, 6.07) is 73.6. The second kappa shape index (κ2) is 14.9. The van der Waals surface area contributed by atoms with Gasteiger partial charge in [-0.05, 0) is 104 Å². The van der Waals surface area contributed by atoms with Crippen molar-refractivity contribution in [2.45, 2.75) is 0 Å². The Bertz CT molecular complexity index is 2740. The van der Waals surface area contributed by atoms with Crippen LogP contribution in [0.15, 0.2) is 212 Å². The summed E-state index contributed by atoms with van der Waals surface area (Å²) < 4.78 is 0. The number of nitrogens with one attached hydrogen (secondary N) is 2. The third kappa shape index (κ3) is 7.20. The quantitative estimate of drug-likeness (QED) is 0.140. The zero-order chi connectivity index (χ0) is 37.0. The lowest BCUT2D eigenvalue weighted by molar-refractivity contribution is 0.477. The van der Waals surface area contributed by atoms with E-state index in [1.807, 2.05) is 60.7 Å². The standard InChI is InChI=1S/C52H38N2O/c55-52-35-44(25-29-47(52)39-13-4-1-5-14-39)49-34-43(27-31-51(49)53-45-18-8-3-9-19-45)38-22-20-37(21-23-38)42-26-30-50(48(33-42)40-15-6-2-7-16-40)54-46-28-24-36-12-10-11-17-41(36)32-46/h1-35,53-55H. The lowest BCUT2D eigenvalue weighted by atomic mass is 9.93. The summed E-state index contributed by atoms with van der Waals surface area (Å²) in [6.45, 7) is 0. The van der Waals surface area contributed by atoms with E-state index in [2.05, 4.69) is 162 Å². The number of benzene rings is 9. The minimum Gasteiger partial charge on any atom is -0.507 e. The van der Waals surface area contributed by atoms with Gasteiger partial charge < -0.3 is 15.7 Å². The second-order valence-electron chi connectivity index (χ2n) is 13.7. The van der Waals surface area contributed by atoms with Crippen LogP contribution in [0.1, 0.15) is 0 Å². The van der Waals surface area contributed by atoms with Crippen LogP contribution in [0.25, 0.3) is 66.4 Å². The molecule has 0 heterocycles. The van der Waals surface area contributed by atoms with Crippen LogP contribution in [0.3, 0.4) is 0 Å². The van der Waals surface area contributed by atoms with Gasteiger partial charge in [0.25, 0.3) is 0 Å². The van der Waals surface area contributed by atoms with E-state index >= 15 is 0 Å². The van der Waals surface area contributed by atoms with Crippen LogP contribution in [-0.2, 0) is 0 Å². The van der Waals surface area contributed by atoms with Crippen molar-refractivity contribution in [3.8, 4) is 61.4 Å². The highest BCUT2D eigenvalue weighted by Gasteiger charge is 2.14. The Balaban J connectivity index is 1.05. The van der Waals surface area contributed by atoms with Gasteiger partial charge in [-0.1, -0.05) is 158 Å². The molecule has 0 aliphatic heterocycles. The summed E-state index contributed by atoms with van der Waals surface area (Å²) in [7, 11) is 0. The fraction of sp³-hybridized carbons (Fsp3) is 0. The van der Waals surface area contributed by atoms with Crippen molar-refractivity contribution in [3.05, 3.63) is 212 Å². The molecule has 0 radical (unpaired) electrons. The lowest BCUT2D eigenvalue weighted by Crippen LogP contribution is -1.95. The highest BCUT2D eigenvalue weighted by molar-refractivity contribution is 5.91. The third-order valence-electron chi connectivity index (χ3n) is 10.2. The topological polar surface area (TPSA) is 44.3 Å². The molecule has 0 aliphatic carbocycles. The first-order chi connectivity index (χ1) is 27.1. The molecule has 55 heavy (non-hydrogen) atoms. The van der Waals surface area contributed by atoms with E-state index in [9.17, 15) is 5.11 Å². The highest BCUT2D eigenvalue weighted by atomic mass is 16.3. The Labute approximate surface area is 321 Å². The summed E-state index contributed by atoms with van der Waals surface area (Å²) in [4.78, 5) is 0. The molecule has 0 aromatic heterocycles. The smallest absolute Gasteiger partial charge is 0.124 e. The Morgan fingerprint density at radius 3 is 1.35 bits per heavy atom. The van der Waals surface area contributed by atoms with Gasteiger partial charge in [-0.2, -0.15) is 0 Å². The molecule has 3 heteroatoms. The van der Waals surface area contributed by atoms with E-state index in [-0.39, 0.29) is 5.75 Å². The molecule has 3 N–H and O–H groups in total. The average Bonchev–Trinajstić information content (AvgIpc) is 3.25. The van der Waals surface area contributed by atoms with Crippen LogP contribution < -0.4 is 10.6 Å². The van der Waals surface area contributed by atoms with Crippen molar-refractivity contribution in [2.75, 3.05) is 10.6 Å². The van der Waals surface area contributed by atoms with E-state index in [0.29, 0.717) is 0 Å². The first-order valence-corrected chi connectivity index (χ1v) is 18.6. The van der Waals surface area contributed by atoms with Gasteiger partial charge >= 0.3 is 0 Å². The molecule has 0 saturated heterocycles. The first kappa shape index (κ1) is 33.5. The summed E-state index contributed by atoms with van der Waals surface area (Å²) in [5.74, 6) is 0.248. The monoisotopic (exact) mass is 706 g/mol. The van der Waals surface area contributed by atoms with Crippen molar-refractivity contribution in [1.29, 1.82) is 0 Å². The van der Waals surface area contributed by atoms with Crippen LogP contribution in [0.4, 0.5) is 22.7 Å². The van der Waals surface area contributed by atoms with E-state index in [1.54, 1.807) is 0 Å². The number of phenolic OH excluding ortho intramolecular Hbond substituents is 1. The number of rotatable bonds is 9. The zero-order valence-corrected chi connectivity index (χ0v) is 30.2. The molecular weight excluding hydrogens is 669 g/mol. The summed E-state index contributed by atoms with van der Waals surface area (Å²) in [5, 5.41) is 21.0. The molecule has 0 atom stereocenters. The van der Waals surface area contributed by atoms with Crippen molar-refractivity contribution >= 4 is 33.5 Å². The summed E-state index contributed by atoms with van der Waals surface area (Å²) >= 11 is 0. The van der Waals surface area contributed by atoms with Crippen LogP contribution in [0.2, 0.25) is 0 Å². The molecule has 0 aliphatic rings. The Morgan fingerprint density at radius 2 is 0.745 bits per heavy atom. The lowest BCUT2D eigenvalue weighted by Gasteiger charge is -2.17. The minimum atomic E-state index is 0.248. The number of para-hydroxylation sites is 1. The molecule has 0 fully saturated rings. The van der Waals surface area contributed by atoms with Gasteiger partial charge in [-0.25, -0.2) is 0 Å². The number of aromatic hydroxyl groups is 1. The van der Waals surface area contributed by atoms with Crippen LogP contribution in [-0.4, -0.2) is 5.11 Å². The van der Waals surface area contributed by atoms with Crippen molar-refractivity contribution in [1.82, 2.24) is 0 Å². The highest BCUT2D eigenvalue weighted by Crippen LogP contribution is 2.40. The predicted molar refractivity (Wildman–Crippen MR) is 232 cm³/mol. The number of hydrogen-bond acceptors (Lipinski definition) is 3. The van der Waals surface area contributed by atoms with Gasteiger partial charge in [0.05, 0.1) is 0 Å². The molecule has 262 valence electrons. The normalized spacial score (nSPS) is 11.0. The average molecular weight is 707 g/mol. The number of hydrogen-bond donors (Lipinski definition) is 3. The fourth-order valence-corrected chi connectivity index (χ4v) is 7.28. The molecule has 0 amide bonds. The van der Waals surface area contributed by atoms with E-state index in [0.717, 1.165) is 78.4 Å². The van der Waals surface area contributed by atoms with Crippen LogP contribution in [0.5, 0.6) is 5.75 Å². The molecular formula is C52H38N2O. The number of anilines is 4. The molecule has 9 rings (SSSR count). The summed E-state index contributed by atoms with van der Waals surface area (Å²) in [5.41, 5.74) is 14.6. The van der Waals surface area contributed by atoms with E-state index in [1.165, 1.54) is 10.8 Å². The maximum atomic E-state index is 11.2. The van der Waals surface area contributed by atoms with Crippen molar-refractivity contribution < 1.29 is 5.11 Å². The Morgan fingerprint density at radius 1 is 0.273 bits per heavy atom. The number of phenols is 1. The molecule has 0 unspecified atom stereocenters. The minimum absolute atomic E-state index is 0.248. The van der Waals surface area contributed by atoms with Crippen LogP contribution in [0, 0.1) is 0 Å². The van der Waals surface area contributed by atoms with Crippen molar-refractivity contribution in [2.24, 2.45) is 0 Å². The van der Waals surface area contributed by atoms with Gasteiger partial charge in [-0.3, -0.25) is 0 Å². The van der Waals surface area contributed by atoms with Gasteiger partial charge in [0.1, 0.15) is 5.75 Å². The SMILES string of the molecule is Oc1cc(-c2cc(-c3ccc(-c4ccc(Nc5ccc6ccccc6c5)c(-c5ccccc5)c4)cc3)ccc2Nc2ccccc2)ccc1-c1ccccc1. The molecule has 0 bridgehead atoms. The molecule has 3 nitrogen and oxygen atoms in total. The molecule has 0 saturated carbocycles. The fourth-order valence-electron chi connectivity index (χ4n) is 7.28. The maximum Gasteiger partial charge on any atom is 0.124 e. The summed E-state index contributed by atoms with van der Waals surface area (Å²) in [6.07, 6.45) is 0. The maximum absolute atomic E-state index is 11.2. The largest absolute Gasteiger partial charge is 0.507 e. The van der Waals surface area contributed by atoms with Gasteiger partial charge in [0.2, 0.25) is 0 Å². The molecule has 0 spiro atoms. The molecule has 9 aromatic rings. The van der Waals surface area contributed by atoms with Crippen molar-refractivity contribution in [3.63, 3.8) is 0 Å². The zero-order valence-electron chi connectivity index (χ0n) is 30.2. The van der Waals surface area contributed by atoms with Gasteiger partial charge in [-0.15, -0.1) is 0 Å². The molecule has 9 aromatic carbocycles. The second-order valence-corrected chi connectivity index (χ2v) is 13.7. The first-order valence-electron chi connectivity index (χ1n) is 18.6. The third-order valence-corrected chi connectivity index (χ3v) is 10.2. The Hall–Kier alpha value is -7.36. The number of fused-ring (bicyclic) bond motifs is 1. The van der Waals surface area contributed by atoms with Gasteiger partial charge in [0.15, 0.2) is 0 Å². The van der Waals surface area contributed by atoms with E-state index < -0.39 is 0 Å². The van der Waals surface area contributed by atoms with Gasteiger partial charge in [0, 0.05) is 39.4 Å². The Kier molecular flexibility index (Phi) is 9.09. The van der Waals surface area contributed by atoms with Crippen LogP contribution >= 0.6 is 0 Å².